The molecule has 1 aromatic heterocycles. The van der Waals surface area contributed by atoms with Gasteiger partial charge in [-0.25, -0.2) is 0 Å². The smallest absolute Gasteiger partial charge is 0.242 e. The average Bonchev–Trinajstić information content (AvgIpc) is 3.44. The zero-order valence-corrected chi connectivity index (χ0v) is 18.6. The van der Waals surface area contributed by atoms with E-state index in [1.54, 1.807) is 16.2 Å². The topological polar surface area (TPSA) is 49.9 Å². The molecule has 5 nitrogen and oxygen atoms in total. The Morgan fingerprint density at radius 1 is 1.23 bits per heavy atom. The van der Waals surface area contributed by atoms with Crippen LogP contribution >= 0.6 is 11.3 Å². The van der Waals surface area contributed by atoms with Gasteiger partial charge in [0.05, 0.1) is 18.7 Å². The molecule has 2 aliphatic heterocycles. The second-order valence-electron chi connectivity index (χ2n) is 8.16. The molecular formula is C24H30N2O3S. The van der Waals surface area contributed by atoms with Gasteiger partial charge in [0.2, 0.25) is 11.8 Å². The van der Waals surface area contributed by atoms with Crippen LogP contribution in [0.15, 0.2) is 35.7 Å². The van der Waals surface area contributed by atoms with E-state index in [4.69, 9.17) is 4.74 Å². The Balaban J connectivity index is 1.59. The van der Waals surface area contributed by atoms with Crippen LogP contribution in [0.4, 0.5) is 0 Å². The fourth-order valence-corrected chi connectivity index (χ4v) is 5.48. The van der Waals surface area contributed by atoms with Crippen molar-refractivity contribution in [1.29, 1.82) is 0 Å². The summed E-state index contributed by atoms with van der Waals surface area (Å²) < 4.78 is 5.73. The van der Waals surface area contributed by atoms with Gasteiger partial charge in [-0.2, -0.15) is 0 Å². The monoisotopic (exact) mass is 426 g/mol. The molecule has 0 spiro atoms. The highest BCUT2D eigenvalue weighted by Gasteiger charge is 2.35. The first kappa shape index (κ1) is 21.1. The number of carbonyl (C=O) groups is 2. The minimum Gasteiger partial charge on any atom is -0.376 e. The van der Waals surface area contributed by atoms with E-state index < -0.39 is 0 Å². The second kappa shape index (κ2) is 9.31. The lowest BCUT2D eigenvalue weighted by molar-refractivity contribution is -0.142. The molecule has 0 unspecified atom stereocenters. The van der Waals surface area contributed by atoms with Crippen molar-refractivity contribution >= 4 is 23.2 Å². The molecule has 1 fully saturated rings. The molecule has 0 N–H and O–H groups in total. The molecule has 0 aliphatic carbocycles. The van der Waals surface area contributed by atoms with Crippen molar-refractivity contribution in [2.24, 2.45) is 0 Å². The molecule has 2 atom stereocenters. The highest BCUT2D eigenvalue weighted by molar-refractivity contribution is 7.10. The Morgan fingerprint density at radius 2 is 2.07 bits per heavy atom. The number of thiophene rings is 1. The van der Waals surface area contributed by atoms with Crippen LogP contribution < -0.4 is 0 Å². The Morgan fingerprint density at radius 3 is 2.80 bits per heavy atom. The van der Waals surface area contributed by atoms with Gasteiger partial charge in [0.15, 0.2) is 0 Å². The van der Waals surface area contributed by atoms with Crippen LogP contribution in [0.1, 0.15) is 53.8 Å². The predicted octanol–water partition coefficient (Wildman–Crippen LogP) is 3.95. The molecule has 3 heterocycles. The normalized spacial score (nSPS) is 20.8. The zero-order valence-electron chi connectivity index (χ0n) is 17.8. The van der Waals surface area contributed by atoms with Crippen LogP contribution in [0, 0.1) is 6.92 Å². The van der Waals surface area contributed by atoms with Gasteiger partial charge in [-0.1, -0.05) is 31.2 Å². The van der Waals surface area contributed by atoms with Crippen LogP contribution in [0.25, 0.3) is 0 Å². The Bertz CT molecular complexity index is 903. The number of ether oxygens (including phenoxy) is 1. The SMILES string of the molecule is CCC(=O)N(CC(=O)N1CCc2sccc2[C@H]1c1ccccc1C)C[C@@H]1CCCO1. The molecule has 4 rings (SSSR count). The van der Waals surface area contributed by atoms with Gasteiger partial charge in [0.1, 0.15) is 0 Å². The molecule has 160 valence electrons. The number of carbonyl (C=O) groups excluding carboxylic acids is 2. The summed E-state index contributed by atoms with van der Waals surface area (Å²) in [5.74, 6) is 0.0272. The van der Waals surface area contributed by atoms with Gasteiger partial charge in [0.25, 0.3) is 0 Å². The minimum atomic E-state index is -0.0880. The average molecular weight is 427 g/mol. The third kappa shape index (κ3) is 4.30. The first-order valence-electron chi connectivity index (χ1n) is 10.9. The number of aryl methyl sites for hydroxylation is 1. The van der Waals surface area contributed by atoms with Crippen molar-refractivity contribution in [3.63, 3.8) is 0 Å². The number of hydrogen-bond donors (Lipinski definition) is 0. The Labute approximate surface area is 182 Å². The molecule has 0 saturated carbocycles. The number of hydrogen-bond acceptors (Lipinski definition) is 4. The number of amides is 2. The van der Waals surface area contributed by atoms with Crippen LogP contribution in [0.2, 0.25) is 0 Å². The first-order chi connectivity index (χ1) is 14.6. The summed E-state index contributed by atoms with van der Waals surface area (Å²) in [5, 5.41) is 2.12. The molecule has 0 radical (unpaired) electrons. The Hall–Kier alpha value is -2.18. The van der Waals surface area contributed by atoms with Crippen LogP contribution in [-0.4, -0.2) is 54.0 Å². The van der Waals surface area contributed by atoms with Crippen molar-refractivity contribution in [3.8, 4) is 0 Å². The lowest BCUT2D eigenvalue weighted by Gasteiger charge is -2.38. The van der Waals surface area contributed by atoms with Gasteiger partial charge < -0.3 is 14.5 Å². The maximum atomic E-state index is 13.5. The summed E-state index contributed by atoms with van der Waals surface area (Å²) >= 11 is 1.77. The highest BCUT2D eigenvalue weighted by Crippen LogP contribution is 2.39. The fourth-order valence-electron chi connectivity index (χ4n) is 4.58. The van der Waals surface area contributed by atoms with E-state index in [1.807, 2.05) is 24.0 Å². The van der Waals surface area contributed by atoms with Crippen molar-refractivity contribution in [3.05, 3.63) is 57.3 Å². The number of rotatable bonds is 6. The summed E-state index contributed by atoms with van der Waals surface area (Å²) in [6, 6.07) is 10.4. The Kier molecular flexibility index (Phi) is 6.54. The second-order valence-corrected chi connectivity index (χ2v) is 9.16. The van der Waals surface area contributed by atoms with Crippen LogP contribution in [0.3, 0.4) is 0 Å². The molecule has 2 aliphatic rings. The van der Waals surface area contributed by atoms with E-state index in [0.717, 1.165) is 31.4 Å². The van der Waals surface area contributed by atoms with Gasteiger partial charge >= 0.3 is 0 Å². The predicted molar refractivity (Wildman–Crippen MR) is 119 cm³/mol. The van der Waals surface area contributed by atoms with Gasteiger partial charge in [0, 0.05) is 31.0 Å². The van der Waals surface area contributed by atoms with Crippen molar-refractivity contribution in [2.75, 3.05) is 26.2 Å². The zero-order chi connectivity index (χ0) is 21.1. The molecule has 2 amide bonds. The molecule has 2 aromatic rings. The molecular weight excluding hydrogens is 396 g/mol. The third-order valence-corrected chi connectivity index (χ3v) is 7.20. The lowest BCUT2D eigenvalue weighted by atomic mass is 9.90. The van der Waals surface area contributed by atoms with E-state index in [0.29, 0.717) is 19.5 Å². The third-order valence-electron chi connectivity index (χ3n) is 6.20. The van der Waals surface area contributed by atoms with E-state index in [2.05, 4.69) is 30.5 Å². The van der Waals surface area contributed by atoms with Gasteiger partial charge in [-0.15, -0.1) is 11.3 Å². The summed E-state index contributed by atoms with van der Waals surface area (Å²) in [6.07, 6.45) is 3.29. The summed E-state index contributed by atoms with van der Waals surface area (Å²) in [4.78, 5) is 31.1. The van der Waals surface area contributed by atoms with E-state index in [1.165, 1.54) is 16.0 Å². The lowest BCUT2D eigenvalue weighted by Crippen LogP contribution is -2.48. The number of benzene rings is 1. The van der Waals surface area contributed by atoms with Gasteiger partial charge in [-0.3, -0.25) is 9.59 Å². The van der Waals surface area contributed by atoms with Crippen molar-refractivity contribution in [1.82, 2.24) is 9.80 Å². The van der Waals surface area contributed by atoms with Crippen molar-refractivity contribution < 1.29 is 14.3 Å². The largest absolute Gasteiger partial charge is 0.376 e. The fraction of sp³-hybridized carbons (Fsp3) is 0.500. The van der Waals surface area contributed by atoms with E-state index >= 15 is 0 Å². The minimum absolute atomic E-state index is 0.0134. The summed E-state index contributed by atoms with van der Waals surface area (Å²) in [6.45, 7) is 6.00. The number of fused-ring (bicyclic) bond motifs is 1. The van der Waals surface area contributed by atoms with Crippen molar-refractivity contribution in [2.45, 2.75) is 51.7 Å². The molecule has 1 saturated heterocycles. The van der Waals surface area contributed by atoms with Crippen LogP contribution in [-0.2, 0) is 20.7 Å². The highest BCUT2D eigenvalue weighted by atomic mass is 32.1. The van der Waals surface area contributed by atoms with E-state index in [-0.39, 0.29) is 30.5 Å². The van der Waals surface area contributed by atoms with E-state index in [9.17, 15) is 9.59 Å². The molecule has 6 heteroatoms. The number of nitrogens with zero attached hydrogens (tertiary/aromatic N) is 2. The maximum Gasteiger partial charge on any atom is 0.242 e. The van der Waals surface area contributed by atoms with Crippen LogP contribution in [0.5, 0.6) is 0 Å². The quantitative estimate of drug-likeness (QED) is 0.703. The van der Waals surface area contributed by atoms with Gasteiger partial charge in [-0.05, 0) is 54.3 Å². The first-order valence-corrected chi connectivity index (χ1v) is 11.8. The summed E-state index contributed by atoms with van der Waals surface area (Å²) in [7, 11) is 0. The molecule has 1 aromatic carbocycles. The summed E-state index contributed by atoms with van der Waals surface area (Å²) in [5.41, 5.74) is 3.57. The standard InChI is InChI=1S/C24H30N2O3S/c1-3-22(27)25(15-18-8-6-13-29-18)16-23(28)26-12-10-21-20(11-14-30-21)24(26)19-9-5-4-7-17(19)2/h4-5,7,9,11,14,18,24H,3,6,8,10,12-13,15-16H2,1-2H3/t18-,24+/m0/s1. The molecule has 30 heavy (non-hydrogen) atoms. The molecule has 0 bridgehead atoms. The maximum absolute atomic E-state index is 13.5.